The summed E-state index contributed by atoms with van der Waals surface area (Å²) in [4.78, 5) is 26.0. The first-order chi connectivity index (χ1) is 18.0. The molecule has 4 aromatic rings. The quantitative estimate of drug-likeness (QED) is 0.173. The van der Waals surface area contributed by atoms with Crippen molar-refractivity contribution in [3.63, 3.8) is 0 Å². The van der Waals surface area contributed by atoms with Crippen molar-refractivity contribution >= 4 is 50.5 Å². The summed E-state index contributed by atoms with van der Waals surface area (Å²) in [5.41, 5.74) is 3.77. The lowest BCUT2D eigenvalue weighted by Gasteiger charge is -2.13. The number of carbonyl (C=O) groups is 2. The van der Waals surface area contributed by atoms with Crippen LogP contribution in [0.2, 0.25) is 0 Å². The molecule has 188 valence electrons. The van der Waals surface area contributed by atoms with Crippen molar-refractivity contribution in [3.05, 3.63) is 113 Å². The zero-order valence-electron chi connectivity index (χ0n) is 20.5. The number of ether oxygens (including phenoxy) is 1. The number of halogens is 1. The zero-order chi connectivity index (χ0) is 26.0. The Morgan fingerprint density at radius 2 is 1.43 bits per heavy atom. The molecule has 0 aliphatic rings. The van der Waals surface area contributed by atoms with Gasteiger partial charge >= 0.3 is 0 Å². The highest BCUT2D eigenvalue weighted by atomic mass is 79.9. The van der Waals surface area contributed by atoms with Crippen LogP contribution in [0.1, 0.15) is 40.5 Å². The molecule has 0 aliphatic heterocycles. The molecule has 0 fully saturated rings. The van der Waals surface area contributed by atoms with E-state index in [4.69, 9.17) is 4.74 Å². The molecule has 4 aromatic carbocycles. The molecule has 7 heteroatoms. The van der Waals surface area contributed by atoms with Crippen LogP contribution < -0.4 is 20.7 Å². The van der Waals surface area contributed by atoms with Crippen molar-refractivity contribution in [3.8, 4) is 5.75 Å². The summed E-state index contributed by atoms with van der Waals surface area (Å²) in [6.07, 6.45) is 2.00. The molecule has 0 saturated carbocycles. The predicted molar refractivity (Wildman–Crippen MR) is 153 cm³/mol. The highest BCUT2D eigenvalue weighted by Gasteiger charge is 2.15. The number of rotatable bonds is 10. The van der Waals surface area contributed by atoms with E-state index in [1.165, 1.54) is 0 Å². The maximum absolute atomic E-state index is 13.1. The lowest BCUT2D eigenvalue weighted by molar-refractivity contribution is 0.102. The van der Waals surface area contributed by atoms with Crippen LogP contribution in [0.25, 0.3) is 0 Å². The van der Waals surface area contributed by atoms with Gasteiger partial charge in [0.05, 0.1) is 22.3 Å². The summed E-state index contributed by atoms with van der Waals surface area (Å²) in [6.45, 7) is 2.72. The SMILES string of the molecule is CCCCOc1ccc(C(=O)Nc2ccccc2C(=O)Nc2ccc(Nc3ccccc3)cc2)cc1Br. The second-order valence-corrected chi connectivity index (χ2v) is 9.22. The van der Waals surface area contributed by atoms with E-state index in [0.29, 0.717) is 39.3 Å². The van der Waals surface area contributed by atoms with Gasteiger partial charge in [-0.15, -0.1) is 0 Å². The summed E-state index contributed by atoms with van der Waals surface area (Å²) in [5, 5.41) is 9.07. The van der Waals surface area contributed by atoms with Gasteiger partial charge in [-0.1, -0.05) is 43.7 Å². The molecule has 37 heavy (non-hydrogen) atoms. The molecule has 0 spiro atoms. The third-order valence-corrected chi connectivity index (χ3v) is 6.19. The number of hydrogen-bond donors (Lipinski definition) is 3. The van der Waals surface area contributed by atoms with E-state index in [0.717, 1.165) is 24.2 Å². The summed E-state index contributed by atoms with van der Waals surface area (Å²) in [5.74, 6) is 0.0488. The largest absolute Gasteiger partial charge is 0.492 e. The van der Waals surface area contributed by atoms with Crippen molar-refractivity contribution < 1.29 is 14.3 Å². The highest BCUT2D eigenvalue weighted by molar-refractivity contribution is 9.10. The number of benzene rings is 4. The summed E-state index contributed by atoms with van der Waals surface area (Å²) in [7, 11) is 0. The van der Waals surface area contributed by atoms with Gasteiger partial charge in [0.2, 0.25) is 0 Å². The molecule has 2 amide bonds. The predicted octanol–water partition coefficient (Wildman–Crippen LogP) is 7.88. The Balaban J connectivity index is 1.41. The minimum atomic E-state index is -0.322. The van der Waals surface area contributed by atoms with Crippen LogP contribution in [0, 0.1) is 0 Å². The minimum absolute atomic E-state index is 0.319. The lowest BCUT2D eigenvalue weighted by atomic mass is 10.1. The van der Waals surface area contributed by atoms with E-state index < -0.39 is 0 Å². The maximum Gasteiger partial charge on any atom is 0.257 e. The van der Waals surface area contributed by atoms with Gasteiger partial charge in [-0.3, -0.25) is 9.59 Å². The summed E-state index contributed by atoms with van der Waals surface area (Å²) in [6, 6.07) is 29.4. The molecule has 0 aromatic heterocycles. The number of unbranched alkanes of at least 4 members (excludes halogenated alkanes) is 1. The Labute approximate surface area is 225 Å². The molecular weight excluding hydrogens is 530 g/mol. The Hall–Kier alpha value is -4.10. The van der Waals surface area contributed by atoms with E-state index >= 15 is 0 Å². The number of para-hydroxylation sites is 2. The molecule has 0 heterocycles. The first-order valence-corrected chi connectivity index (χ1v) is 12.9. The number of hydrogen-bond acceptors (Lipinski definition) is 4. The van der Waals surface area contributed by atoms with Crippen molar-refractivity contribution in [2.24, 2.45) is 0 Å². The fourth-order valence-corrected chi connectivity index (χ4v) is 4.09. The number of carbonyl (C=O) groups excluding carboxylic acids is 2. The summed E-state index contributed by atoms with van der Waals surface area (Å²) < 4.78 is 6.44. The average Bonchev–Trinajstić information content (AvgIpc) is 2.91. The first-order valence-electron chi connectivity index (χ1n) is 12.1. The monoisotopic (exact) mass is 557 g/mol. The molecule has 0 aliphatic carbocycles. The topological polar surface area (TPSA) is 79.5 Å². The van der Waals surface area contributed by atoms with Gasteiger partial charge in [0.1, 0.15) is 5.75 Å². The van der Waals surface area contributed by atoms with E-state index in [1.807, 2.05) is 54.6 Å². The summed E-state index contributed by atoms with van der Waals surface area (Å²) >= 11 is 3.48. The third-order valence-electron chi connectivity index (χ3n) is 5.57. The molecule has 4 rings (SSSR count). The number of anilines is 4. The zero-order valence-corrected chi connectivity index (χ0v) is 22.0. The fourth-order valence-electron chi connectivity index (χ4n) is 3.59. The van der Waals surface area contributed by atoms with Crippen LogP contribution in [-0.2, 0) is 0 Å². The second kappa shape index (κ2) is 12.7. The lowest BCUT2D eigenvalue weighted by Crippen LogP contribution is -2.18. The van der Waals surface area contributed by atoms with Crippen LogP contribution >= 0.6 is 15.9 Å². The van der Waals surface area contributed by atoms with Crippen LogP contribution in [0.5, 0.6) is 5.75 Å². The molecule has 0 saturated heterocycles. The van der Waals surface area contributed by atoms with Gasteiger partial charge < -0.3 is 20.7 Å². The van der Waals surface area contributed by atoms with Gasteiger partial charge in [-0.25, -0.2) is 0 Å². The second-order valence-electron chi connectivity index (χ2n) is 8.37. The smallest absolute Gasteiger partial charge is 0.257 e. The van der Waals surface area contributed by atoms with Gasteiger partial charge in [-0.05, 0) is 89.1 Å². The van der Waals surface area contributed by atoms with E-state index in [9.17, 15) is 9.59 Å². The Morgan fingerprint density at radius 1 is 0.757 bits per heavy atom. The van der Waals surface area contributed by atoms with Gasteiger partial charge in [-0.2, -0.15) is 0 Å². The van der Waals surface area contributed by atoms with E-state index in [1.54, 1.807) is 42.5 Å². The van der Waals surface area contributed by atoms with Crippen LogP contribution in [-0.4, -0.2) is 18.4 Å². The van der Waals surface area contributed by atoms with E-state index in [2.05, 4.69) is 38.8 Å². The van der Waals surface area contributed by atoms with Gasteiger partial charge in [0, 0.05) is 22.6 Å². The first kappa shape index (κ1) is 26.0. The van der Waals surface area contributed by atoms with Crippen LogP contribution in [0.15, 0.2) is 102 Å². The van der Waals surface area contributed by atoms with Gasteiger partial charge in [0.15, 0.2) is 0 Å². The van der Waals surface area contributed by atoms with Crippen LogP contribution in [0.3, 0.4) is 0 Å². The maximum atomic E-state index is 13.1. The standard InChI is InChI=1S/C30H28BrN3O3/c1-2-3-19-37-28-18-13-21(20-26(28)31)29(35)34-27-12-8-7-11-25(27)30(36)33-24-16-14-23(15-17-24)32-22-9-5-4-6-10-22/h4-18,20,32H,2-3,19H2,1H3,(H,33,36)(H,34,35). The minimum Gasteiger partial charge on any atom is -0.492 e. The molecule has 3 N–H and O–H groups in total. The molecule has 0 atom stereocenters. The van der Waals surface area contributed by atoms with Crippen molar-refractivity contribution in [1.29, 1.82) is 0 Å². The fraction of sp³-hybridized carbons (Fsp3) is 0.133. The molecule has 6 nitrogen and oxygen atoms in total. The molecule has 0 radical (unpaired) electrons. The molecule has 0 unspecified atom stereocenters. The Morgan fingerprint density at radius 3 is 2.16 bits per heavy atom. The highest BCUT2D eigenvalue weighted by Crippen LogP contribution is 2.27. The van der Waals surface area contributed by atoms with Crippen molar-refractivity contribution in [2.75, 3.05) is 22.6 Å². The molecule has 0 bridgehead atoms. The third kappa shape index (κ3) is 7.21. The number of amides is 2. The van der Waals surface area contributed by atoms with Crippen LogP contribution in [0.4, 0.5) is 22.7 Å². The van der Waals surface area contributed by atoms with E-state index in [-0.39, 0.29) is 11.8 Å². The van der Waals surface area contributed by atoms with Crippen molar-refractivity contribution in [1.82, 2.24) is 0 Å². The van der Waals surface area contributed by atoms with Crippen molar-refractivity contribution in [2.45, 2.75) is 19.8 Å². The molecular formula is C30H28BrN3O3. The van der Waals surface area contributed by atoms with Gasteiger partial charge in [0.25, 0.3) is 11.8 Å². The average molecular weight is 558 g/mol. The Kier molecular flexibility index (Phi) is 8.94. The Bertz CT molecular complexity index is 1360. The normalized spacial score (nSPS) is 10.4. The number of nitrogens with one attached hydrogen (secondary N) is 3.